The highest BCUT2D eigenvalue weighted by atomic mass is 35.5. The molecule has 1 aliphatic heterocycles. The van der Waals surface area contributed by atoms with Gasteiger partial charge in [0.1, 0.15) is 5.82 Å². The molecule has 0 aromatic heterocycles. The first kappa shape index (κ1) is 12.8. The number of piperidine rings is 1. The third-order valence-electron chi connectivity index (χ3n) is 3.35. The number of hydrogen-bond donors (Lipinski definition) is 1. The molecule has 0 spiro atoms. The molecule has 94 valence electrons. The van der Waals surface area contributed by atoms with Gasteiger partial charge in [0.05, 0.1) is 0 Å². The molecule has 1 aromatic rings. The van der Waals surface area contributed by atoms with Gasteiger partial charge in [-0.25, -0.2) is 4.39 Å². The van der Waals surface area contributed by atoms with Gasteiger partial charge in [-0.15, -0.1) is 0 Å². The van der Waals surface area contributed by atoms with Gasteiger partial charge in [0.15, 0.2) is 0 Å². The van der Waals surface area contributed by atoms with Crippen molar-refractivity contribution >= 4 is 11.6 Å². The van der Waals surface area contributed by atoms with Gasteiger partial charge in [-0.05, 0) is 56.1 Å². The summed E-state index contributed by atoms with van der Waals surface area (Å²) in [6, 6.07) is 3.56. The van der Waals surface area contributed by atoms with Crippen LogP contribution in [0.4, 0.5) is 4.39 Å². The number of halogens is 2. The van der Waals surface area contributed by atoms with Crippen LogP contribution < -0.4 is 5.73 Å². The van der Waals surface area contributed by atoms with Crippen molar-refractivity contribution in [3.8, 4) is 0 Å². The molecule has 17 heavy (non-hydrogen) atoms. The van der Waals surface area contributed by atoms with Gasteiger partial charge in [0.25, 0.3) is 0 Å². The Kier molecular flexibility index (Phi) is 4.02. The number of rotatable bonds is 2. The van der Waals surface area contributed by atoms with Crippen LogP contribution in [0.25, 0.3) is 0 Å². The summed E-state index contributed by atoms with van der Waals surface area (Å²) in [5.74, 6) is -0.182. The molecule has 1 fully saturated rings. The minimum absolute atomic E-state index is 0.182. The zero-order valence-corrected chi connectivity index (χ0v) is 10.8. The van der Waals surface area contributed by atoms with E-state index in [1.807, 2.05) is 0 Å². The van der Waals surface area contributed by atoms with Crippen LogP contribution in [-0.2, 0) is 6.54 Å². The van der Waals surface area contributed by atoms with Crippen molar-refractivity contribution in [1.82, 2.24) is 4.90 Å². The summed E-state index contributed by atoms with van der Waals surface area (Å²) in [7, 11) is 0. The fourth-order valence-electron chi connectivity index (χ4n) is 2.16. The van der Waals surface area contributed by atoms with Crippen LogP contribution in [-0.4, -0.2) is 24.0 Å². The van der Waals surface area contributed by atoms with E-state index in [1.165, 1.54) is 0 Å². The fraction of sp³-hybridized carbons (Fsp3) is 0.538. The second kappa shape index (κ2) is 5.34. The number of aryl methyl sites for hydroxylation is 1. The average molecular weight is 257 g/mol. The van der Waals surface area contributed by atoms with Crippen molar-refractivity contribution in [2.45, 2.75) is 32.4 Å². The molecular weight excluding hydrogens is 239 g/mol. The third-order valence-corrected chi connectivity index (χ3v) is 3.71. The maximum atomic E-state index is 13.5. The molecule has 0 radical (unpaired) electrons. The van der Waals surface area contributed by atoms with Gasteiger partial charge in [-0.1, -0.05) is 11.6 Å². The summed E-state index contributed by atoms with van der Waals surface area (Å²) in [5.41, 5.74) is 7.31. The van der Waals surface area contributed by atoms with E-state index in [1.54, 1.807) is 19.1 Å². The van der Waals surface area contributed by atoms with E-state index in [0.717, 1.165) is 31.5 Å². The molecule has 1 saturated heterocycles. The average Bonchev–Trinajstić information content (AvgIpc) is 2.29. The highest BCUT2D eigenvalue weighted by Crippen LogP contribution is 2.23. The summed E-state index contributed by atoms with van der Waals surface area (Å²) in [6.45, 7) is 4.37. The van der Waals surface area contributed by atoms with Gasteiger partial charge in [0.2, 0.25) is 0 Å². The number of nitrogens with zero attached hydrogens (tertiary/aromatic N) is 1. The van der Waals surface area contributed by atoms with Crippen molar-refractivity contribution in [1.29, 1.82) is 0 Å². The number of benzene rings is 1. The molecule has 0 amide bonds. The lowest BCUT2D eigenvalue weighted by molar-refractivity contribution is 0.205. The molecular formula is C13H18ClFN2. The summed E-state index contributed by atoms with van der Waals surface area (Å²) >= 11 is 6.13. The van der Waals surface area contributed by atoms with E-state index < -0.39 is 0 Å². The molecule has 0 aliphatic carbocycles. The zero-order chi connectivity index (χ0) is 12.4. The minimum atomic E-state index is -0.182. The van der Waals surface area contributed by atoms with Crippen LogP contribution in [0.2, 0.25) is 5.02 Å². The Balaban J connectivity index is 2.06. The van der Waals surface area contributed by atoms with Gasteiger partial charge in [-0.3, -0.25) is 4.90 Å². The molecule has 2 nitrogen and oxygen atoms in total. The predicted octanol–water partition coefficient (Wildman–Crippen LogP) is 2.71. The Labute approximate surface area is 107 Å². The number of likely N-dealkylation sites (tertiary alicyclic amines) is 1. The Bertz CT molecular complexity index is 401. The quantitative estimate of drug-likeness (QED) is 0.882. The van der Waals surface area contributed by atoms with E-state index in [-0.39, 0.29) is 5.82 Å². The molecule has 0 saturated carbocycles. The SMILES string of the molecule is Cc1cc(Cl)c(CN2CCC(N)CC2)cc1F. The van der Waals surface area contributed by atoms with Crippen LogP contribution in [0.15, 0.2) is 12.1 Å². The molecule has 1 aliphatic rings. The molecule has 1 aromatic carbocycles. The van der Waals surface area contributed by atoms with Crippen molar-refractivity contribution in [2.24, 2.45) is 5.73 Å². The Morgan fingerprint density at radius 3 is 2.71 bits per heavy atom. The lowest BCUT2D eigenvalue weighted by atomic mass is 10.0. The van der Waals surface area contributed by atoms with Crippen molar-refractivity contribution in [2.75, 3.05) is 13.1 Å². The van der Waals surface area contributed by atoms with Crippen molar-refractivity contribution in [3.63, 3.8) is 0 Å². The van der Waals surface area contributed by atoms with Gasteiger partial charge < -0.3 is 5.73 Å². The maximum Gasteiger partial charge on any atom is 0.126 e. The first-order chi connectivity index (χ1) is 8.06. The monoisotopic (exact) mass is 256 g/mol. The van der Waals surface area contributed by atoms with Crippen LogP contribution >= 0.6 is 11.6 Å². The number of hydrogen-bond acceptors (Lipinski definition) is 2. The standard InChI is InChI=1S/C13H18ClFN2/c1-9-6-12(14)10(7-13(9)15)8-17-4-2-11(16)3-5-17/h6-7,11H,2-5,8,16H2,1H3. The third kappa shape index (κ3) is 3.18. The maximum absolute atomic E-state index is 13.5. The highest BCUT2D eigenvalue weighted by molar-refractivity contribution is 6.31. The fourth-order valence-corrected chi connectivity index (χ4v) is 2.44. The second-order valence-corrected chi connectivity index (χ2v) is 5.21. The normalized spacial score (nSPS) is 18.6. The lowest BCUT2D eigenvalue weighted by Gasteiger charge is -2.30. The lowest BCUT2D eigenvalue weighted by Crippen LogP contribution is -2.39. The van der Waals surface area contributed by atoms with E-state index in [0.29, 0.717) is 23.2 Å². The molecule has 1 heterocycles. The molecule has 2 N–H and O–H groups in total. The predicted molar refractivity (Wildman–Crippen MR) is 68.6 cm³/mol. The minimum Gasteiger partial charge on any atom is -0.328 e. The van der Waals surface area contributed by atoms with Crippen molar-refractivity contribution in [3.05, 3.63) is 34.1 Å². The molecule has 0 unspecified atom stereocenters. The van der Waals surface area contributed by atoms with Crippen LogP contribution in [0, 0.1) is 12.7 Å². The van der Waals surface area contributed by atoms with Gasteiger partial charge in [0, 0.05) is 17.6 Å². The zero-order valence-electron chi connectivity index (χ0n) is 10.0. The first-order valence-electron chi connectivity index (χ1n) is 5.98. The Morgan fingerprint density at radius 1 is 1.41 bits per heavy atom. The van der Waals surface area contributed by atoms with E-state index in [2.05, 4.69) is 4.90 Å². The molecule has 0 atom stereocenters. The second-order valence-electron chi connectivity index (χ2n) is 4.81. The van der Waals surface area contributed by atoms with E-state index >= 15 is 0 Å². The molecule has 0 bridgehead atoms. The van der Waals surface area contributed by atoms with Crippen molar-refractivity contribution < 1.29 is 4.39 Å². The highest BCUT2D eigenvalue weighted by Gasteiger charge is 2.17. The summed E-state index contributed by atoms with van der Waals surface area (Å²) in [6.07, 6.45) is 2.01. The summed E-state index contributed by atoms with van der Waals surface area (Å²) in [4.78, 5) is 2.28. The first-order valence-corrected chi connectivity index (χ1v) is 6.36. The Hall–Kier alpha value is -0.640. The van der Waals surface area contributed by atoms with E-state index in [4.69, 9.17) is 17.3 Å². The smallest absolute Gasteiger partial charge is 0.126 e. The topological polar surface area (TPSA) is 29.3 Å². The molecule has 4 heteroatoms. The van der Waals surface area contributed by atoms with Gasteiger partial charge in [-0.2, -0.15) is 0 Å². The largest absolute Gasteiger partial charge is 0.328 e. The van der Waals surface area contributed by atoms with E-state index in [9.17, 15) is 4.39 Å². The summed E-state index contributed by atoms with van der Waals surface area (Å²) in [5, 5.41) is 0.652. The Morgan fingerprint density at radius 2 is 2.06 bits per heavy atom. The summed E-state index contributed by atoms with van der Waals surface area (Å²) < 4.78 is 13.5. The van der Waals surface area contributed by atoms with Crippen LogP contribution in [0.5, 0.6) is 0 Å². The van der Waals surface area contributed by atoms with Gasteiger partial charge >= 0.3 is 0 Å². The van der Waals surface area contributed by atoms with Crippen LogP contribution in [0.1, 0.15) is 24.0 Å². The number of nitrogens with two attached hydrogens (primary N) is 1. The molecule has 2 rings (SSSR count). The van der Waals surface area contributed by atoms with Crippen LogP contribution in [0.3, 0.4) is 0 Å².